The van der Waals surface area contributed by atoms with Gasteiger partial charge in [-0.25, -0.2) is 0 Å². The molecule has 0 spiro atoms. The Morgan fingerprint density at radius 3 is 2.36 bits per heavy atom. The van der Waals surface area contributed by atoms with Crippen LogP contribution >= 0.6 is 0 Å². The molecule has 0 aromatic rings. The monoisotopic (exact) mass is 192 g/mol. The molecule has 5 nitrogen and oxygen atoms in total. The molecule has 0 aliphatic heterocycles. The van der Waals surface area contributed by atoms with E-state index in [4.69, 9.17) is 4.55 Å². The number of rotatable bonds is 3. The fourth-order valence-electron chi connectivity index (χ4n) is 0.242. The fourth-order valence-corrected chi connectivity index (χ4v) is 0.523. The normalized spacial score (nSPS) is 10.0. The zero-order chi connectivity index (χ0) is 8.20. The first-order valence-corrected chi connectivity index (χ1v) is 4.17. The minimum absolute atomic E-state index is 0. The standard InChI is InChI=1S/C4H8O5S.Na.H/c1-2-4(5)9-3-10(6,7)8;;/h2-3H2,1H3,(H,6,7,8);;/q;+1;-1. The molecular weight excluding hydrogens is 183 g/mol. The van der Waals surface area contributed by atoms with Crippen molar-refractivity contribution < 1.29 is 53.5 Å². The van der Waals surface area contributed by atoms with Crippen molar-refractivity contribution in [1.29, 1.82) is 0 Å². The maximum Gasteiger partial charge on any atom is 1.00 e. The van der Waals surface area contributed by atoms with E-state index in [1.165, 1.54) is 6.92 Å². The molecule has 0 saturated carbocycles. The van der Waals surface area contributed by atoms with Gasteiger partial charge in [0.2, 0.25) is 5.94 Å². The molecule has 0 bridgehead atoms. The fraction of sp³-hybridized carbons (Fsp3) is 0.750. The molecule has 0 heterocycles. The van der Waals surface area contributed by atoms with Gasteiger partial charge in [0.05, 0.1) is 0 Å². The molecule has 11 heavy (non-hydrogen) atoms. The van der Waals surface area contributed by atoms with Crippen molar-refractivity contribution in [3.8, 4) is 0 Å². The van der Waals surface area contributed by atoms with Crippen molar-refractivity contribution in [2.45, 2.75) is 13.3 Å². The molecule has 0 rings (SSSR count). The molecule has 0 unspecified atom stereocenters. The van der Waals surface area contributed by atoms with Gasteiger partial charge in [-0.3, -0.25) is 9.35 Å². The van der Waals surface area contributed by atoms with E-state index in [0.717, 1.165) is 0 Å². The average Bonchev–Trinajstić information content (AvgIpc) is 1.81. The predicted molar refractivity (Wildman–Crippen MR) is 33.9 cm³/mol. The van der Waals surface area contributed by atoms with Crippen molar-refractivity contribution in [3.05, 3.63) is 0 Å². The SMILES string of the molecule is CCC(=O)OCS(=O)(=O)O.[H-].[Na+]. The topological polar surface area (TPSA) is 80.7 Å². The van der Waals surface area contributed by atoms with Gasteiger partial charge in [-0.05, 0) is 0 Å². The van der Waals surface area contributed by atoms with Crippen LogP contribution in [0, 0.1) is 0 Å². The van der Waals surface area contributed by atoms with Gasteiger partial charge in [0, 0.05) is 6.42 Å². The summed E-state index contributed by atoms with van der Waals surface area (Å²) in [6, 6.07) is 0. The third-order valence-corrected chi connectivity index (χ3v) is 1.07. The van der Waals surface area contributed by atoms with Gasteiger partial charge in [0.25, 0.3) is 0 Å². The van der Waals surface area contributed by atoms with Crippen molar-refractivity contribution in [1.82, 2.24) is 0 Å². The van der Waals surface area contributed by atoms with Gasteiger partial charge >= 0.3 is 45.6 Å². The molecule has 1 N–H and O–H groups in total. The number of hydrogen-bond donors (Lipinski definition) is 1. The smallest absolute Gasteiger partial charge is 1.00 e. The summed E-state index contributed by atoms with van der Waals surface area (Å²) in [6.07, 6.45) is 0.0928. The second-order valence-corrected chi connectivity index (χ2v) is 2.97. The molecule has 0 aromatic heterocycles. The van der Waals surface area contributed by atoms with Crippen LogP contribution in [0.2, 0.25) is 0 Å². The van der Waals surface area contributed by atoms with Crippen LogP contribution < -0.4 is 29.6 Å². The zero-order valence-corrected chi connectivity index (χ0v) is 9.22. The summed E-state index contributed by atoms with van der Waals surface area (Å²) in [5, 5.41) is 0. The minimum atomic E-state index is -4.17. The molecule has 0 fully saturated rings. The molecule has 0 amide bonds. The third kappa shape index (κ3) is 10.4. The van der Waals surface area contributed by atoms with Gasteiger partial charge in [-0.1, -0.05) is 6.92 Å². The molecule has 7 heteroatoms. The Kier molecular flexibility index (Phi) is 7.55. The van der Waals surface area contributed by atoms with Crippen LogP contribution in [-0.2, 0) is 19.6 Å². The maximum absolute atomic E-state index is 10.3. The number of ether oxygens (including phenoxy) is 1. The first-order valence-electron chi connectivity index (χ1n) is 2.56. The molecule has 0 saturated heterocycles. The first-order chi connectivity index (χ1) is 4.45. The van der Waals surface area contributed by atoms with E-state index in [-0.39, 0.29) is 37.4 Å². The summed E-state index contributed by atoms with van der Waals surface area (Å²) in [5.41, 5.74) is 0. The Morgan fingerprint density at radius 1 is 1.64 bits per heavy atom. The van der Waals surface area contributed by atoms with Gasteiger partial charge in [-0.2, -0.15) is 8.42 Å². The van der Waals surface area contributed by atoms with Gasteiger partial charge < -0.3 is 6.16 Å². The van der Waals surface area contributed by atoms with E-state index < -0.39 is 22.0 Å². The third-order valence-electron chi connectivity index (χ3n) is 0.658. The van der Waals surface area contributed by atoms with E-state index in [2.05, 4.69) is 4.74 Å². The largest absolute Gasteiger partial charge is 1.00 e. The van der Waals surface area contributed by atoms with Gasteiger partial charge in [0.15, 0.2) is 0 Å². The van der Waals surface area contributed by atoms with E-state index >= 15 is 0 Å². The average molecular weight is 192 g/mol. The molecule has 62 valence electrons. The van der Waals surface area contributed by atoms with Crippen molar-refractivity contribution in [2.24, 2.45) is 0 Å². The first kappa shape index (κ1) is 13.9. The zero-order valence-electron chi connectivity index (χ0n) is 7.40. The Bertz CT molecular complexity index is 213. The molecule has 0 atom stereocenters. The molecule has 0 aliphatic carbocycles. The summed E-state index contributed by atoms with van der Waals surface area (Å²) in [7, 11) is -4.17. The van der Waals surface area contributed by atoms with Crippen LogP contribution in [0.25, 0.3) is 0 Å². The van der Waals surface area contributed by atoms with Crippen LogP contribution in [0.4, 0.5) is 0 Å². The van der Waals surface area contributed by atoms with Crippen molar-refractivity contribution in [3.63, 3.8) is 0 Å². The van der Waals surface area contributed by atoms with Gasteiger partial charge in [-0.15, -0.1) is 0 Å². The number of carbonyl (C=O) groups excluding carboxylic acids is 1. The summed E-state index contributed by atoms with van der Waals surface area (Å²) < 4.78 is 32.0. The van der Waals surface area contributed by atoms with Gasteiger partial charge in [0.1, 0.15) is 0 Å². The Morgan fingerprint density at radius 2 is 2.09 bits per heavy atom. The quantitative estimate of drug-likeness (QED) is 0.291. The number of carbonyl (C=O) groups is 1. The van der Waals surface area contributed by atoms with Crippen LogP contribution in [0.3, 0.4) is 0 Å². The molecular formula is C4H9NaO5S. The number of esters is 1. The molecule has 0 aliphatic rings. The predicted octanol–water partition coefficient (Wildman–Crippen LogP) is -3.10. The molecule has 0 aromatic carbocycles. The summed E-state index contributed by atoms with van der Waals surface area (Å²) in [6.45, 7) is 1.52. The Balaban J connectivity index is -0.000000405. The minimum Gasteiger partial charge on any atom is -1.00 e. The Hall–Kier alpha value is 0.380. The summed E-state index contributed by atoms with van der Waals surface area (Å²) in [5.74, 6) is -1.61. The summed E-state index contributed by atoms with van der Waals surface area (Å²) >= 11 is 0. The van der Waals surface area contributed by atoms with E-state index in [1.807, 2.05) is 0 Å². The maximum atomic E-state index is 10.3. The molecule has 0 radical (unpaired) electrons. The van der Waals surface area contributed by atoms with Crippen molar-refractivity contribution >= 4 is 16.1 Å². The van der Waals surface area contributed by atoms with E-state index in [0.29, 0.717) is 0 Å². The van der Waals surface area contributed by atoms with Crippen LogP contribution in [0.5, 0.6) is 0 Å². The van der Waals surface area contributed by atoms with Crippen molar-refractivity contribution in [2.75, 3.05) is 5.94 Å². The summed E-state index contributed by atoms with van der Waals surface area (Å²) in [4.78, 5) is 10.3. The van der Waals surface area contributed by atoms with E-state index in [1.54, 1.807) is 0 Å². The number of hydrogen-bond acceptors (Lipinski definition) is 4. The second-order valence-electron chi connectivity index (χ2n) is 1.57. The second kappa shape index (κ2) is 5.96. The Labute approximate surface area is 88.6 Å². The van der Waals surface area contributed by atoms with Crippen LogP contribution in [-0.4, -0.2) is 24.9 Å². The van der Waals surface area contributed by atoms with E-state index in [9.17, 15) is 13.2 Å². The van der Waals surface area contributed by atoms with Crippen LogP contribution in [0.1, 0.15) is 14.8 Å². The van der Waals surface area contributed by atoms with Crippen LogP contribution in [0.15, 0.2) is 0 Å².